The quantitative estimate of drug-likeness (QED) is 0.783. The zero-order chi connectivity index (χ0) is 16.9. The number of hydrogen-bond acceptors (Lipinski definition) is 4. The smallest absolute Gasteiger partial charge is 0.243 e. The molecule has 0 fully saturated rings. The van der Waals surface area contributed by atoms with Crippen LogP contribution in [0.1, 0.15) is 19.4 Å². The Morgan fingerprint density at radius 2 is 2.04 bits per heavy atom. The molecule has 2 heterocycles. The van der Waals surface area contributed by atoms with Gasteiger partial charge in [0.1, 0.15) is 11.3 Å². The summed E-state index contributed by atoms with van der Waals surface area (Å²) in [6.07, 6.45) is 0. The number of nitrogens with one attached hydrogen (secondary N) is 2. The lowest BCUT2D eigenvalue weighted by atomic mass is 9.63. The maximum Gasteiger partial charge on any atom is 0.243 e. The van der Waals surface area contributed by atoms with Crippen LogP contribution in [0.5, 0.6) is 0 Å². The molecule has 0 radical (unpaired) electrons. The Morgan fingerprint density at radius 1 is 1.35 bits per heavy atom. The van der Waals surface area contributed by atoms with Gasteiger partial charge in [-0.3, -0.25) is 14.4 Å². The van der Waals surface area contributed by atoms with Crippen molar-refractivity contribution in [3.8, 4) is 6.07 Å². The average molecular weight is 374 g/mol. The van der Waals surface area contributed by atoms with E-state index in [1.165, 1.54) is 6.92 Å². The molecule has 0 aliphatic carbocycles. The maximum atomic E-state index is 12.9. The summed E-state index contributed by atoms with van der Waals surface area (Å²) in [5.74, 6) is -2.79. The number of benzene rings is 1. The summed E-state index contributed by atoms with van der Waals surface area (Å²) >= 11 is 3.34. The highest BCUT2D eigenvalue weighted by Crippen LogP contribution is 2.51. The average Bonchev–Trinajstić information content (AvgIpc) is 2.72. The Hall–Kier alpha value is -2.46. The molecule has 2 N–H and O–H groups in total. The van der Waals surface area contributed by atoms with Crippen molar-refractivity contribution in [2.75, 3.05) is 5.32 Å². The molecule has 0 saturated heterocycles. The van der Waals surface area contributed by atoms with Crippen LogP contribution in [0.2, 0.25) is 0 Å². The first kappa shape index (κ1) is 15.4. The predicted octanol–water partition coefficient (Wildman–Crippen LogP) is 1.77. The zero-order valence-corrected chi connectivity index (χ0v) is 13.9. The number of allylic oxidation sites excluding steroid dienone is 1. The van der Waals surface area contributed by atoms with Crippen molar-refractivity contribution in [1.82, 2.24) is 5.32 Å². The molecule has 2 atom stereocenters. The van der Waals surface area contributed by atoms with Crippen LogP contribution in [0.25, 0.3) is 0 Å². The fourth-order valence-electron chi connectivity index (χ4n) is 3.48. The van der Waals surface area contributed by atoms with Crippen LogP contribution in [0, 0.1) is 17.2 Å². The molecule has 1 aromatic rings. The SMILES string of the molecule is CC(=O)C1=C(C)NC(=O)C(C#N)C12C(=O)Nc1ccc(Br)cc12. The molecule has 1 spiro atoms. The van der Waals surface area contributed by atoms with Crippen LogP contribution in [-0.4, -0.2) is 17.6 Å². The zero-order valence-electron chi connectivity index (χ0n) is 12.4. The van der Waals surface area contributed by atoms with Gasteiger partial charge in [0.05, 0.1) is 6.07 Å². The topological polar surface area (TPSA) is 99.1 Å². The first-order valence-electron chi connectivity index (χ1n) is 6.88. The molecule has 1 aromatic carbocycles. The van der Waals surface area contributed by atoms with E-state index in [0.717, 1.165) is 0 Å². The third-order valence-electron chi connectivity index (χ3n) is 4.27. The van der Waals surface area contributed by atoms with Gasteiger partial charge in [0, 0.05) is 21.4 Å². The Labute approximate surface area is 140 Å². The Balaban J connectivity index is 2.46. The van der Waals surface area contributed by atoms with Gasteiger partial charge in [-0.1, -0.05) is 15.9 Å². The van der Waals surface area contributed by atoms with E-state index in [-0.39, 0.29) is 11.4 Å². The third kappa shape index (κ3) is 1.88. The summed E-state index contributed by atoms with van der Waals surface area (Å²) in [6, 6.07) is 7.00. The molecule has 7 heteroatoms. The number of nitrogens with zero attached hydrogens (tertiary/aromatic N) is 1. The number of amides is 2. The van der Waals surface area contributed by atoms with E-state index in [1.807, 2.05) is 6.07 Å². The number of fused-ring (bicyclic) bond motifs is 2. The van der Waals surface area contributed by atoms with Gasteiger partial charge in [-0.2, -0.15) is 5.26 Å². The third-order valence-corrected chi connectivity index (χ3v) is 4.76. The second-order valence-corrected chi connectivity index (χ2v) is 6.48. The number of carbonyl (C=O) groups is 3. The first-order chi connectivity index (χ1) is 10.8. The monoisotopic (exact) mass is 373 g/mol. The second-order valence-electron chi connectivity index (χ2n) is 5.56. The number of rotatable bonds is 1. The fourth-order valence-corrected chi connectivity index (χ4v) is 3.84. The van der Waals surface area contributed by atoms with Crippen LogP contribution in [0.3, 0.4) is 0 Å². The van der Waals surface area contributed by atoms with Crippen molar-refractivity contribution >= 4 is 39.2 Å². The minimum atomic E-state index is -1.62. The van der Waals surface area contributed by atoms with Crippen LogP contribution in [-0.2, 0) is 19.8 Å². The summed E-state index contributed by atoms with van der Waals surface area (Å²) in [5, 5.41) is 14.8. The molecular formula is C16H12BrN3O3. The van der Waals surface area contributed by atoms with Crippen molar-refractivity contribution < 1.29 is 14.4 Å². The van der Waals surface area contributed by atoms with Gasteiger partial charge < -0.3 is 10.6 Å². The molecule has 3 rings (SSSR count). The minimum absolute atomic E-state index is 0.151. The Morgan fingerprint density at radius 3 is 2.65 bits per heavy atom. The lowest BCUT2D eigenvalue weighted by Crippen LogP contribution is -2.55. The van der Waals surface area contributed by atoms with E-state index >= 15 is 0 Å². The standard InChI is InChI=1S/C16H12BrN3O3/c1-7-13(8(2)21)16(11(6-18)14(22)19-7)10-5-9(17)3-4-12(10)20-15(16)23/h3-5,11H,1-2H3,(H,19,22)(H,20,23). The van der Waals surface area contributed by atoms with Crippen LogP contribution < -0.4 is 10.6 Å². The molecule has 0 bridgehead atoms. The number of ketones is 1. The summed E-state index contributed by atoms with van der Waals surface area (Å²) in [7, 11) is 0. The van der Waals surface area contributed by atoms with Crippen LogP contribution >= 0.6 is 15.9 Å². The van der Waals surface area contributed by atoms with Crippen molar-refractivity contribution in [2.24, 2.45) is 5.92 Å². The Bertz CT molecular complexity index is 853. The molecule has 2 amide bonds. The van der Waals surface area contributed by atoms with Crippen molar-refractivity contribution in [1.29, 1.82) is 5.26 Å². The van der Waals surface area contributed by atoms with E-state index in [2.05, 4.69) is 26.6 Å². The highest BCUT2D eigenvalue weighted by Gasteiger charge is 2.61. The van der Waals surface area contributed by atoms with Crippen molar-refractivity contribution in [3.63, 3.8) is 0 Å². The molecule has 0 aromatic heterocycles. The highest BCUT2D eigenvalue weighted by atomic mass is 79.9. The number of hydrogen-bond donors (Lipinski definition) is 2. The largest absolute Gasteiger partial charge is 0.328 e. The van der Waals surface area contributed by atoms with Crippen molar-refractivity contribution in [3.05, 3.63) is 39.5 Å². The fraction of sp³-hybridized carbons (Fsp3) is 0.250. The molecule has 0 saturated carbocycles. The molecule has 2 aliphatic heterocycles. The van der Waals surface area contributed by atoms with Gasteiger partial charge in [-0.25, -0.2) is 0 Å². The second kappa shape index (κ2) is 5.03. The van der Waals surface area contributed by atoms with Gasteiger partial charge in [0.2, 0.25) is 11.8 Å². The normalized spacial score (nSPS) is 25.7. The van der Waals surface area contributed by atoms with Gasteiger partial charge in [0.15, 0.2) is 5.78 Å². The van der Waals surface area contributed by atoms with E-state index in [1.54, 1.807) is 25.1 Å². The minimum Gasteiger partial charge on any atom is -0.328 e. The summed E-state index contributed by atoms with van der Waals surface area (Å²) in [4.78, 5) is 37.5. The van der Waals surface area contributed by atoms with Crippen molar-refractivity contribution in [2.45, 2.75) is 19.3 Å². The molecule has 6 nitrogen and oxygen atoms in total. The lowest BCUT2D eigenvalue weighted by Gasteiger charge is -2.37. The van der Waals surface area contributed by atoms with Crippen LogP contribution in [0.4, 0.5) is 5.69 Å². The molecule has 2 aliphatic rings. The number of Topliss-reactive ketones (excluding diaryl/α,β-unsaturated/α-hetero) is 1. The van der Waals surface area contributed by atoms with Gasteiger partial charge in [-0.15, -0.1) is 0 Å². The lowest BCUT2D eigenvalue weighted by molar-refractivity contribution is -0.132. The van der Waals surface area contributed by atoms with E-state index in [9.17, 15) is 19.6 Å². The highest BCUT2D eigenvalue weighted by molar-refractivity contribution is 9.10. The van der Waals surface area contributed by atoms with Gasteiger partial charge in [-0.05, 0) is 37.6 Å². The van der Waals surface area contributed by atoms with E-state index in [4.69, 9.17) is 0 Å². The number of nitriles is 1. The number of anilines is 1. The summed E-state index contributed by atoms with van der Waals surface area (Å²) in [6.45, 7) is 2.89. The number of carbonyl (C=O) groups excluding carboxylic acids is 3. The molecule has 23 heavy (non-hydrogen) atoms. The first-order valence-corrected chi connectivity index (χ1v) is 7.67. The van der Waals surface area contributed by atoms with Gasteiger partial charge in [0.25, 0.3) is 0 Å². The molecular weight excluding hydrogens is 362 g/mol. The summed E-state index contributed by atoms with van der Waals surface area (Å²) in [5.41, 5.74) is -0.205. The number of halogens is 1. The van der Waals surface area contributed by atoms with E-state index in [0.29, 0.717) is 21.4 Å². The van der Waals surface area contributed by atoms with Crippen LogP contribution in [0.15, 0.2) is 33.9 Å². The molecule has 2 unspecified atom stereocenters. The Kier molecular flexibility index (Phi) is 3.38. The predicted molar refractivity (Wildman–Crippen MR) is 85.1 cm³/mol. The van der Waals surface area contributed by atoms with E-state index < -0.39 is 23.1 Å². The summed E-state index contributed by atoms with van der Waals surface area (Å²) < 4.78 is 0.690. The molecule has 116 valence electrons. The maximum absolute atomic E-state index is 12.9. The van der Waals surface area contributed by atoms with Gasteiger partial charge >= 0.3 is 0 Å².